The number of nitrogens with zero attached hydrogens (tertiary/aromatic N) is 2. The minimum atomic E-state index is 0.0463. The number of aromatic nitrogens is 1. The third-order valence-electron chi connectivity index (χ3n) is 4.31. The number of nitrogens with one attached hydrogen (secondary N) is 2. The van der Waals surface area contributed by atoms with Gasteiger partial charge in [0.05, 0.1) is 0 Å². The highest BCUT2D eigenvalue weighted by Gasteiger charge is 2.09. The molecule has 0 amide bonds. The van der Waals surface area contributed by atoms with E-state index >= 15 is 0 Å². The number of aryl methyl sites for hydroxylation is 1. The number of rotatable bonds is 2. The Labute approximate surface area is 153 Å². The molecule has 0 bridgehead atoms. The maximum atomic E-state index is 6.39. The van der Waals surface area contributed by atoms with E-state index in [4.69, 9.17) is 10.9 Å². The van der Waals surface area contributed by atoms with Crippen LogP contribution in [0.5, 0.6) is 0 Å². The third kappa shape index (κ3) is 3.70. The van der Waals surface area contributed by atoms with Crippen molar-refractivity contribution in [3.63, 3.8) is 0 Å². The van der Waals surface area contributed by atoms with Gasteiger partial charge in [-0.15, -0.1) is 5.11 Å². The van der Waals surface area contributed by atoms with Gasteiger partial charge >= 0.3 is 0 Å². The van der Waals surface area contributed by atoms with Crippen LogP contribution in [0.4, 0.5) is 0 Å². The molecule has 0 fully saturated rings. The molecule has 130 valence electrons. The van der Waals surface area contributed by atoms with E-state index in [2.05, 4.69) is 89.4 Å². The van der Waals surface area contributed by atoms with Gasteiger partial charge in [0.1, 0.15) is 5.84 Å². The maximum Gasteiger partial charge on any atom is 0.139 e. The molecule has 3 aromatic carbocycles. The van der Waals surface area contributed by atoms with Gasteiger partial charge in [0.2, 0.25) is 0 Å². The molecular formula is C22H22N4. The topological polar surface area (TPSA) is 65.0 Å². The minimum Gasteiger partial charge on any atom is -0.336 e. The van der Waals surface area contributed by atoms with E-state index in [-0.39, 0.29) is 5.84 Å². The summed E-state index contributed by atoms with van der Waals surface area (Å²) >= 11 is 0. The van der Waals surface area contributed by atoms with E-state index in [9.17, 15) is 0 Å². The molecule has 2 N–H and O–H groups in total. The van der Waals surface area contributed by atoms with E-state index in [1.165, 1.54) is 39.9 Å². The van der Waals surface area contributed by atoms with E-state index in [0.29, 0.717) is 0 Å². The zero-order chi connectivity index (χ0) is 18.5. The largest absolute Gasteiger partial charge is 0.336 e. The van der Waals surface area contributed by atoms with Crippen molar-refractivity contribution in [2.24, 2.45) is 5.11 Å². The predicted molar refractivity (Wildman–Crippen MR) is 108 cm³/mol. The van der Waals surface area contributed by atoms with Crippen LogP contribution >= 0.6 is 0 Å². The first-order valence-corrected chi connectivity index (χ1v) is 8.54. The molecule has 4 rings (SSSR count). The Bertz CT molecular complexity index is 1010. The number of hydrogen-bond acceptors (Lipinski definition) is 2. The molecule has 26 heavy (non-hydrogen) atoms. The van der Waals surface area contributed by atoms with Crippen LogP contribution < -0.4 is 0 Å². The van der Waals surface area contributed by atoms with Crippen molar-refractivity contribution in [2.75, 3.05) is 0 Å². The summed E-state index contributed by atoms with van der Waals surface area (Å²) in [7, 11) is 0. The van der Waals surface area contributed by atoms with Gasteiger partial charge in [0, 0.05) is 28.4 Å². The van der Waals surface area contributed by atoms with Crippen LogP contribution in [0.15, 0.2) is 77.9 Å². The number of amidine groups is 1. The monoisotopic (exact) mass is 342 g/mol. The molecule has 4 heteroatoms. The van der Waals surface area contributed by atoms with Crippen molar-refractivity contribution >= 4 is 27.6 Å². The Hall–Kier alpha value is -3.27. The molecule has 0 aliphatic carbocycles. The molecule has 0 aliphatic heterocycles. The highest BCUT2D eigenvalue weighted by atomic mass is 15.0. The number of para-hydroxylation sites is 2. The fourth-order valence-electron chi connectivity index (χ4n) is 3.05. The molecular weight excluding hydrogens is 320 g/mol. The average molecular weight is 342 g/mol. The van der Waals surface area contributed by atoms with Gasteiger partial charge in [-0.1, -0.05) is 66.2 Å². The van der Waals surface area contributed by atoms with Crippen LogP contribution in [-0.2, 0) is 6.54 Å². The summed E-state index contributed by atoms with van der Waals surface area (Å²) < 4.78 is 2.41. The van der Waals surface area contributed by atoms with Gasteiger partial charge in [0.25, 0.3) is 0 Å². The lowest BCUT2D eigenvalue weighted by atomic mass is 10.1. The first-order chi connectivity index (χ1) is 12.6. The van der Waals surface area contributed by atoms with Crippen LogP contribution in [-0.4, -0.2) is 10.4 Å². The fourth-order valence-corrected chi connectivity index (χ4v) is 3.05. The molecule has 0 atom stereocenters. The fraction of sp³-hybridized carbons (Fsp3) is 0.136. The van der Waals surface area contributed by atoms with Crippen LogP contribution in [0.25, 0.3) is 21.8 Å². The smallest absolute Gasteiger partial charge is 0.139 e. The van der Waals surface area contributed by atoms with Crippen LogP contribution in [0, 0.1) is 17.9 Å². The normalized spacial score (nSPS) is 10.4. The Morgan fingerprint density at radius 3 is 1.77 bits per heavy atom. The Balaban J connectivity index is 0.000000349. The van der Waals surface area contributed by atoms with E-state index in [1.807, 2.05) is 0 Å². The molecule has 4 nitrogen and oxygen atoms in total. The molecule has 0 unspecified atom stereocenters. The molecule has 4 aromatic rings. The lowest BCUT2D eigenvalue weighted by molar-refractivity contribution is 0.868. The summed E-state index contributed by atoms with van der Waals surface area (Å²) in [5.41, 5.74) is 11.3. The molecule has 0 aliphatic rings. The van der Waals surface area contributed by atoms with Crippen LogP contribution in [0.1, 0.15) is 18.1 Å². The first kappa shape index (κ1) is 17.5. The highest BCUT2D eigenvalue weighted by molar-refractivity contribution is 6.08. The quantitative estimate of drug-likeness (QED) is 0.249. The second-order valence-corrected chi connectivity index (χ2v) is 6.30. The Morgan fingerprint density at radius 2 is 1.31 bits per heavy atom. The van der Waals surface area contributed by atoms with E-state index < -0.39 is 0 Å². The molecule has 0 spiro atoms. The van der Waals surface area contributed by atoms with E-state index in [1.54, 1.807) is 0 Å². The average Bonchev–Trinajstić information content (AvgIpc) is 2.98. The van der Waals surface area contributed by atoms with Gasteiger partial charge < -0.3 is 4.57 Å². The summed E-state index contributed by atoms with van der Waals surface area (Å²) in [5.74, 6) is 0.0463. The molecule has 1 heterocycles. The molecule has 0 saturated carbocycles. The molecule has 1 aromatic heterocycles. The standard InChI is InChI=1S/C20H17N.C2H5N3/c1-15-10-12-16(13-11-15)14-21-19-8-4-2-6-17(19)18-7-3-5-9-20(18)21;1-2(3)5-4/h2-13H,14H2,1H3;3-4H,1H3. The lowest BCUT2D eigenvalue weighted by Gasteiger charge is -2.08. The minimum absolute atomic E-state index is 0.0463. The zero-order valence-electron chi connectivity index (χ0n) is 15.0. The summed E-state index contributed by atoms with van der Waals surface area (Å²) in [4.78, 5) is 0. The lowest BCUT2D eigenvalue weighted by Crippen LogP contribution is -1.99. The predicted octanol–water partition coefficient (Wildman–Crippen LogP) is 6.17. The maximum absolute atomic E-state index is 6.39. The zero-order valence-corrected chi connectivity index (χ0v) is 15.0. The van der Waals surface area contributed by atoms with Gasteiger partial charge in [-0.2, -0.15) is 0 Å². The molecule has 0 saturated heterocycles. The summed E-state index contributed by atoms with van der Waals surface area (Å²) in [6.07, 6.45) is 0. The second-order valence-electron chi connectivity index (χ2n) is 6.30. The Morgan fingerprint density at radius 1 is 0.846 bits per heavy atom. The second kappa shape index (κ2) is 7.74. The van der Waals surface area contributed by atoms with Crippen molar-refractivity contribution in [1.29, 1.82) is 10.9 Å². The van der Waals surface area contributed by atoms with Gasteiger partial charge in [-0.05, 0) is 31.5 Å². The Kier molecular flexibility index (Phi) is 5.23. The summed E-state index contributed by atoms with van der Waals surface area (Å²) in [5, 5.41) is 11.8. The summed E-state index contributed by atoms with van der Waals surface area (Å²) in [6, 6.07) is 26.1. The summed E-state index contributed by atoms with van der Waals surface area (Å²) in [6.45, 7) is 4.49. The highest BCUT2D eigenvalue weighted by Crippen LogP contribution is 2.29. The van der Waals surface area contributed by atoms with Crippen molar-refractivity contribution in [2.45, 2.75) is 20.4 Å². The van der Waals surface area contributed by atoms with Crippen LogP contribution in [0.3, 0.4) is 0 Å². The first-order valence-electron chi connectivity index (χ1n) is 8.54. The number of benzene rings is 3. The van der Waals surface area contributed by atoms with Gasteiger partial charge in [-0.3, -0.25) is 5.41 Å². The SMILES string of the molecule is CC(=N)N=N.Cc1ccc(Cn2c3ccccc3c3ccccc32)cc1. The van der Waals surface area contributed by atoms with E-state index in [0.717, 1.165) is 6.54 Å². The van der Waals surface area contributed by atoms with Crippen molar-refractivity contribution in [3.8, 4) is 0 Å². The van der Waals surface area contributed by atoms with Crippen molar-refractivity contribution < 1.29 is 0 Å². The third-order valence-corrected chi connectivity index (χ3v) is 4.31. The van der Waals surface area contributed by atoms with Crippen molar-refractivity contribution in [3.05, 3.63) is 83.9 Å². The number of hydrogen-bond donors (Lipinski definition) is 2. The van der Waals surface area contributed by atoms with Crippen LogP contribution in [0.2, 0.25) is 0 Å². The van der Waals surface area contributed by atoms with Crippen molar-refractivity contribution in [1.82, 2.24) is 4.57 Å². The van der Waals surface area contributed by atoms with Gasteiger partial charge in [-0.25, -0.2) is 5.53 Å². The van der Waals surface area contributed by atoms with Gasteiger partial charge in [0.15, 0.2) is 0 Å². The number of fused-ring (bicyclic) bond motifs is 3. The molecule has 0 radical (unpaired) electrons.